The number of hydrogen-bond donors (Lipinski definition) is 3. The Kier molecular flexibility index (Phi) is 6.68. The van der Waals surface area contributed by atoms with Gasteiger partial charge in [0, 0.05) is 29.0 Å². The average molecular weight is 479 g/mol. The van der Waals surface area contributed by atoms with E-state index in [9.17, 15) is 4.79 Å². The lowest BCUT2D eigenvalue weighted by Gasteiger charge is -2.14. The lowest BCUT2D eigenvalue weighted by Crippen LogP contribution is -2.14. The summed E-state index contributed by atoms with van der Waals surface area (Å²) in [5, 5.41) is 19.3. The summed E-state index contributed by atoms with van der Waals surface area (Å²) in [7, 11) is 1.51. The first-order valence-corrected chi connectivity index (χ1v) is 11.1. The molecule has 4 rings (SSSR count). The topological polar surface area (TPSA) is 127 Å². The quantitative estimate of drug-likeness (QED) is 0.276. The van der Waals surface area contributed by atoms with Crippen LogP contribution < -0.4 is 15.8 Å². The van der Waals surface area contributed by atoms with E-state index in [0.717, 1.165) is 19.1 Å². The zero-order valence-corrected chi connectivity index (χ0v) is 19.1. The second-order valence-corrected chi connectivity index (χ2v) is 8.53. The number of methoxy groups -OCH3 is 1. The summed E-state index contributed by atoms with van der Waals surface area (Å²) in [5.41, 5.74) is 8.53. The highest BCUT2D eigenvalue weighted by atomic mass is 35.5. The predicted octanol–water partition coefficient (Wildman–Crippen LogP) is 4.23. The van der Waals surface area contributed by atoms with Crippen LogP contribution in [0.15, 0.2) is 36.5 Å². The normalized spacial score (nSPS) is 13.1. The van der Waals surface area contributed by atoms with Crippen LogP contribution >= 0.6 is 22.9 Å². The minimum atomic E-state index is -0.390. The van der Waals surface area contributed by atoms with Gasteiger partial charge in [0.25, 0.3) is 5.91 Å². The highest BCUT2D eigenvalue weighted by Gasteiger charge is 2.20. The summed E-state index contributed by atoms with van der Waals surface area (Å²) in [6.07, 6.45) is 6.28. The van der Waals surface area contributed by atoms with Gasteiger partial charge >= 0.3 is 0 Å². The van der Waals surface area contributed by atoms with Crippen molar-refractivity contribution < 1.29 is 9.53 Å². The zero-order valence-electron chi connectivity index (χ0n) is 17.6. The van der Waals surface area contributed by atoms with Crippen LogP contribution in [0.5, 0.6) is 5.75 Å². The number of carbonyl (C=O) groups is 1. The molecule has 8 nitrogen and oxygen atoms in total. The third-order valence-corrected chi connectivity index (χ3v) is 5.77. The minimum Gasteiger partial charge on any atom is -0.494 e. The number of nitrogens with one attached hydrogen (secondary N) is 2. The summed E-state index contributed by atoms with van der Waals surface area (Å²) in [6.45, 7) is 0. The van der Waals surface area contributed by atoms with Gasteiger partial charge in [0.2, 0.25) is 5.13 Å². The molecule has 0 atom stereocenters. The number of anilines is 1. The van der Waals surface area contributed by atoms with Gasteiger partial charge < -0.3 is 15.9 Å². The Balaban J connectivity index is 1.72. The molecular weight excluding hydrogens is 460 g/mol. The number of nitrogens with zero attached hydrogens (tertiary/aromatic N) is 3. The number of nitrogens with two attached hydrogens (primary N) is 1. The van der Waals surface area contributed by atoms with Crippen molar-refractivity contribution in [3.63, 3.8) is 0 Å². The molecule has 1 amide bonds. The molecule has 0 unspecified atom stereocenters. The van der Waals surface area contributed by atoms with E-state index in [1.807, 2.05) is 0 Å². The fourth-order valence-electron chi connectivity index (χ4n) is 3.00. The smallest absolute Gasteiger partial charge is 0.258 e. The van der Waals surface area contributed by atoms with Crippen molar-refractivity contribution in [3.8, 4) is 28.7 Å². The number of amides is 1. The number of benzene rings is 1. The summed E-state index contributed by atoms with van der Waals surface area (Å²) in [5.74, 6) is 6.62. The van der Waals surface area contributed by atoms with E-state index in [1.54, 1.807) is 24.3 Å². The summed E-state index contributed by atoms with van der Waals surface area (Å²) < 4.78 is 5.44. The van der Waals surface area contributed by atoms with Crippen molar-refractivity contribution in [1.29, 1.82) is 5.41 Å². The van der Waals surface area contributed by atoms with Crippen molar-refractivity contribution in [2.24, 2.45) is 11.7 Å². The van der Waals surface area contributed by atoms with E-state index in [0.29, 0.717) is 49.8 Å². The maximum absolute atomic E-state index is 13.2. The Labute approximate surface area is 199 Å². The van der Waals surface area contributed by atoms with Gasteiger partial charge in [0.1, 0.15) is 10.9 Å². The number of carbonyl (C=O) groups excluding carboxylic acids is 1. The van der Waals surface area contributed by atoms with Crippen LogP contribution in [0, 0.1) is 23.2 Å². The minimum absolute atomic E-state index is 0.244. The number of pyridine rings is 1. The van der Waals surface area contributed by atoms with Crippen LogP contribution in [0.25, 0.3) is 16.8 Å². The van der Waals surface area contributed by atoms with Crippen molar-refractivity contribution in [1.82, 2.24) is 15.2 Å². The Hall–Kier alpha value is -3.74. The van der Waals surface area contributed by atoms with Crippen LogP contribution in [0.2, 0.25) is 5.15 Å². The second-order valence-electron chi connectivity index (χ2n) is 7.17. The van der Waals surface area contributed by atoms with Gasteiger partial charge in [-0.25, -0.2) is 4.98 Å². The molecule has 1 aliphatic rings. The van der Waals surface area contributed by atoms with Crippen molar-refractivity contribution in [2.75, 3.05) is 12.4 Å². The second kappa shape index (κ2) is 9.81. The average Bonchev–Trinajstić information content (AvgIpc) is 3.55. The highest BCUT2D eigenvalue weighted by molar-refractivity contribution is 7.15. The number of halogens is 1. The Morgan fingerprint density at radius 3 is 2.88 bits per heavy atom. The molecule has 0 aliphatic heterocycles. The van der Waals surface area contributed by atoms with E-state index < -0.39 is 0 Å². The number of ether oxygens (including phenoxy) is 1. The van der Waals surface area contributed by atoms with E-state index in [-0.39, 0.29) is 11.1 Å². The first kappa shape index (κ1) is 22.5. The fraction of sp³-hybridized carbons (Fsp3) is 0.174. The molecule has 0 spiro atoms. The SMILES string of the molecule is COc1cnc(Cl)cc1-c1cc(/C(N)=C/C=N)ccc1C(=O)Nc1nnc(C#CC2CC2)s1. The summed E-state index contributed by atoms with van der Waals surface area (Å²) >= 11 is 7.35. The van der Waals surface area contributed by atoms with E-state index >= 15 is 0 Å². The van der Waals surface area contributed by atoms with Gasteiger partial charge in [0.05, 0.1) is 13.3 Å². The Morgan fingerprint density at radius 2 is 2.15 bits per heavy atom. The van der Waals surface area contributed by atoms with E-state index in [1.165, 1.54) is 30.7 Å². The van der Waals surface area contributed by atoms with Crippen LogP contribution in [0.1, 0.15) is 33.8 Å². The van der Waals surface area contributed by atoms with Crippen LogP contribution in [-0.2, 0) is 0 Å². The number of aromatic nitrogens is 3. The fourth-order valence-corrected chi connectivity index (χ4v) is 3.76. The van der Waals surface area contributed by atoms with E-state index in [4.69, 9.17) is 27.5 Å². The Morgan fingerprint density at radius 1 is 1.33 bits per heavy atom. The van der Waals surface area contributed by atoms with Crippen molar-refractivity contribution >= 4 is 45.9 Å². The summed E-state index contributed by atoms with van der Waals surface area (Å²) in [4.78, 5) is 17.3. The molecule has 1 aliphatic carbocycles. The molecule has 2 aromatic heterocycles. The number of allylic oxidation sites excluding steroid dienone is 1. The maximum atomic E-state index is 13.2. The van der Waals surface area contributed by atoms with Crippen LogP contribution in [0.3, 0.4) is 0 Å². The number of hydrogen-bond acceptors (Lipinski definition) is 8. The van der Waals surface area contributed by atoms with Crippen LogP contribution in [0.4, 0.5) is 5.13 Å². The van der Waals surface area contributed by atoms with Crippen LogP contribution in [-0.4, -0.2) is 34.4 Å². The van der Waals surface area contributed by atoms with Gasteiger partial charge in [-0.2, -0.15) is 0 Å². The zero-order chi connectivity index (χ0) is 23.4. The van der Waals surface area contributed by atoms with Crippen molar-refractivity contribution in [2.45, 2.75) is 12.8 Å². The predicted molar refractivity (Wildman–Crippen MR) is 130 cm³/mol. The monoisotopic (exact) mass is 478 g/mol. The maximum Gasteiger partial charge on any atom is 0.258 e. The first-order valence-electron chi connectivity index (χ1n) is 9.95. The summed E-state index contributed by atoms with van der Waals surface area (Å²) in [6, 6.07) is 6.71. The molecule has 33 heavy (non-hydrogen) atoms. The van der Waals surface area contributed by atoms with E-state index in [2.05, 4.69) is 32.3 Å². The molecule has 2 heterocycles. The molecule has 1 fully saturated rings. The van der Waals surface area contributed by atoms with Gasteiger partial charge in [-0.05, 0) is 54.2 Å². The molecule has 3 aromatic rings. The van der Waals surface area contributed by atoms with Gasteiger partial charge in [0.15, 0.2) is 5.01 Å². The van der Waals surface area contributed by atoms with Gasteiger partial charge in [-0.15, -0.1) is 10.2 Å². The standard InChI is InChI=1S/C23H19ClN6O2S/c1-32-19-12-27-20(24)11-17(19)16-10-14(18(26)8-9-25)5-6-15(16)22(31)28-23-30-29-21(33-23)7-4-13-2-3-13/h5-6,8-13,25H,2-3,26H2,1H3,(H,28,30,31)/b18-8-,25-9?. The molecule has 166 valence electrons. The third-order valence-electron chi connectivity index (χ3n) is 4.81. The molecule has 10 heteroatoms. The largest absolute Gasteiger partial charge is 0.494 e. The van der Waals surface area contributed by atoms with Crippen molar-refractivity contribution in [3.05, 3.63) is 57.8 Å². The lowest BCUT2D eigenvalue weighted by molar-refractivity contribution is 0.102. The molecule has 0 saturated heterocycles. The molecule has 1 saturated carbocycles. The molecular formula is C23H19ClN6O2S. The van der Waals surface area contributed by atoms with Gasteiger partial charge in [-0.3, -0.25) is 10.1 Å². The van der Waals surface area contributed by atoms with Gasteiger partial charge in [-0.1, -0.05) is 34.9 Å². The number of rotatable bonds is 6. The third kappa shape index (κ3) is 5.37. The molecule has 4 N–H and O–H groups in total. The lowest BCUT2D eigenvalue weighted by atomic mass is 9.95. The molecule has 0 bridgehead atoms. The Bertz CT molecular complexity index is 1320. The highest BCUT2D eigenvalue weighted by Crippen LogP contribution is 2.35. The molecule has 0 radical (unpaired) electrons. The first-order chi connectivity index (χ1) is 16.0. The molecule has 1 aromatic carbocycles.